The van der Waals surface area contributed by atoms with Gasteiger partial charge in [0.15, 0.2) is 0 Å². The minimum atomic E-state index is -0.102. The van der Waals surface area contributed by atoms with Crippen LogP contribution in [0.3, 0.4) is 0 Å². The summed E-state index contributed by atoms with van der Waals surface area (Å²) in [5.74, 6) is 3.64. The van der Waals surface area contributed by atoms with Crippen molar-refractivity contribution in [1.82, 2.24) is 0 Å². The molecule has 0 radical (unpaired) electrons. The van der Waals surface area contributed by atoms with Gasteiger partial charge in [-0.05, 0) is 91.1 Å². The first kappa shape index (κ1) is 20.6. The summed E-state index contributed by atoms with van der Waals surface area (Å²) in [5, 5.41) is 21.9. The smallest absolute Gasteiger partial charge is 0.120 e. The SMILES string of the molecule is CCCCC(SCC)c1cc2c(cc1O)CC[C@H]1[C@@H]2CC[C@]2(C)[C@@H](O)CC[C@@H]12. The highest BCUT2D eigenvalue weighted by Gasteiger charge is 2.54. The topological polar surface area (TPSA) is 40.5 Å². The Kier molecular flexibility index (Phi) is 6.05. The zero-order valence-corrected chi connectivity index (χ0v) is 18.7. The van der Waals surface area contributed by atoms with Gasteiger partial charge in [-0.2, -0.15) is 11.8 Å². The van der Waals surface area contributed by atoms with E-state index in [-0.39, 0.29) is 11.5 Å². The average Bonchev–Trinajstić information content (AvgIpc) is 2.99. The standard InChI is InChI=1S/C25H38O2S/c1-4-6-7-23(28-5-2)20-15-19-16(14-22(20)26)8-9-18-17(19)12-13-25(3)21(18)10-11-24(25)27/h14-15,17-18,21,23-24,26-27H,4-13H2,1-3H3/t17-,18-,21-,23?,24-,25-/m0/s1. The second-order valence-corrected chi connectivity index (χ2v) is 11.2. The first-order chi connectivity index (χ1) is 13.5. The van der Waals surface area contributed by atoms with Gasteiger partial charge in [-0.3, -0.25) is 0 Å². The summed E-state index contributed by atoms with van der Waals surface area (Å²) >= 11 is 1.99. The predicted octanol–water partition coefficient (Wildman–Crippen LogP) is 6.59. The molecule has 0 spiro atoms. The van der Waals surface area contributed by atoms with E-state index in [1.165, 1.54) is 48.8 Å². The number of hydrogen-bond donors (Lipinski definition) is 2. The maximum atomic E-state index is 10.8. The van der Waals surface area contributed by atoms with Crippen LogP contribution in [0.25, 0.3) is 0 Å². The van der Waals surface area contributed by atoms with E-state index in [9.17, 15) is 10.2 Å². The van der Waals surface area contributed by atoms with Crippen LogP contribution >= 0.6 is 11.8 Å². The molecular weight excluding hydrogens is 364 g/mol. The molecule has 3 heteroatoms. The van der Waals surface area contributed by atoms with E-state index in [2.05, 4.69) is 32.9 Å². The summed E-state index contributed by atoms with van der Waals surface area (Å²) in [5.41, 5.74) is 4.24. The molecule has 2 nitrogen and oxygen atoms in total. The number of aliphatic hydroxyl groups is 1. The number of aromatic hydroxyl groups is 1. The summed E-state index contributed by atoms with van der Waals surface area (Å²) in [6, 6.07) is 4.51. The van der Waals surface area contributed by atoms with Crippen LogP contribution in [0.2, 0.25) is 0 Å². The van der Waals surface area contributed by atoms with Crippen LogP contribution in [-0.4, -0.2) is 22.1 Å². The van der Waals surface area contributed by atoms with Crippen LogP contribution < -0.4 is 0 Å². The Bertz CT molecular complexity index is 702. The van der Waals surface area contributed by atoms with Crippen molar-refractivity contribution in [2.24, 2.45) is 17.3 Å². The number of hydrogen-bond acceptors (Lipinski definition) is 3. The quantitative estimate of drug-likeness (QED) is 0.563. The molecule has 4 rings (SSSR count). The van der Waals surface area contributed by atoms with Crippen molar-refractivity contribution in [2.75, 3.05) is 5.75 Å². The van der Waals surface area contributed by atoms with Crippen molar-refractivity contribution in [3.8, 4) is 5.75 Å². The Balaban J connectivity index is 1.66. The van der Waals surface area contributed by atoms with Gasteiger partial charge in [0, 0.05) is 10.8 Å². The van der Waals surface area contributed by atoms with Gasteiger partial charge in [-0.1, -0.05) is 39.7 Å². The van der Waals surface area contributed by atoms with Gasteiger partial charge in [-0.25, -0.2) is 0 Å². The molecule has 0 saturated heterocycles. The molecule has 2 fully saturated rings. The van der Waals surface area contributed by atoms with Gasteiger partial charge in [0.2, 0.25) is 0 Å². The van der Waals surface area contributed by atoms with Crippen molar-refractivity contribution >= 4 is 11.8 Å². The fraction of sp³-hybridized carbons (Fsp3) is 0.760. The van der Waals surface area contributed by atoms with Crippen LogP contribution in [0.5, 0.6) is 5.75 Å². The molecule has 0 aliphatic heterocycles. The normalized spacial score (nSPS) is 35.1. The molecular formula is C25H38O2S. The molecule has 28 heavy (non-hydrogen) atoms. The third kappa shape index (κ3) is 3.41. The van der Waals surface area contributed by atoms with E-state index in [0.717, 1.165) is 31.4 Å². The first-order valence-electron chi connectivity index (χ1n) is 11.6. The van der Waals surface area contributed by atoms with Gasteiger partial charge < -0.3 is 10.2 Å². The van der Waals surface area contributed by atoms with Gasteiger partial charge in [0.25, 0.3) is 0 Å². The number of aryl methyl sites for hydroxylation is 1. The average molecular weight is 403 g/mol. The number of rotatable bonds is 6. The molecule has 0 bridgehead atoms. The second-order valence-electron chi connectivity index (χ2n) is 9.75. The lowest BCUT2D eigenvalue weighted by atomic mass is 9.55. The number of fused-ring (bicyclic) bond motifs is 5. The van der Waals surface area contributed by atoms with E-state index in [0.29, 0.717) is 28.8 Å². The zero-order chi connectivity index (χ0) is 19.9. The number of benzene rings is 1. The molecule has 3 aliphatic carbocycles. The third-order valence-corrected chi connectivity index (χ3v) is 9.58. The minimum Gasteiger partial charge on any atom is -0.508 e. The van der Waals surface area contributed by atoms with Crippen LogP contribution in [0.1, 0.15) is 100.0 Å². The number of unbranched alkanes of at least 4 members (excludes halogenated alkanes) is 1. The lowest BCUT2D eigenvalue weighted by molar-refractivity contribution is -0.0226. The van der Waals surface area contributed by atoms with E-state index < -0.39 is 0 Å². The molecule has 1 unspecified atom stereocenters. The number of aliphatic hydroxyl groups excluding tert-OH is 1. The first-order valence-corrected chi connectivity index (χ1v) is 12.7. The third-order valence-electron chi connectivity index (χ3n) is 8.36. The summed E-state index contributed by atoms with van der Waals surface area (Å²) in [6.45, 7) is 6.82. The molecule has 1 aromatic rings. The van der Waals surface area contributed by atoms with Gasteiger partial charge in [0.1, 0.15) is 5.75 Å². The van der Waals surface area contributed by atoms with Crippen LogP contribution in [0.15, 0.2) is 12.1 Å². The maximum absolute atomic E-state index is 10.8. The van der Waals surface area contributed by atoms with Crippen molar-refractivity contribution < 1.29 is 10.2 Å². The van der Waals surface area contributed by atoms with Crippen molar-refractivity contribution in [2.45, 2.75) is 95.8 Å². The number of phenolic OH excluding ortho intramolecular Hbond substituents is 1. The summed E-state index contributed by atoms with van der Waals surface area (Å²) < 4.78 is 0. The fourth-order valence-electron chi connectivity index (χ4n) is 6.78. The van der Waals surface area contributed by atoms with E-state index >= 15 is 0 Å². The Morgan fingerprint density at radius 2 is 2.00 bits per heavy atom. The Morgan fingerprint density at radius 3 is 2.75 bits per heavy atom. The van der Waals surface area contributed by atoms with Gasteiger partial charge >= 0.3 is 0 Å². The molecule has 3 aliphatic rings. The molecule has 0 aromatic heterocycles. The molecule has 156 valence electrons. The monoisotopic (exact) mass is 402 g/mol. The molecule has 0 heterocycles. The fourth-order valence-corrected chi connectivity index (χ4v) is 7.88. The van der Waals surface area contributed by atoms with Crippen molar-refractivity contribution in [3.63, 3.8) is 0 Å². The lowest BCUT2D eigenvalue weighted by Gasteiger charge is -2.50. The zero-order valence-electron chi connectivity index (χ0n) is 17.9. The Morgan fingerprint density at radius 1 is 1.18 bits per heavy atom. The highest BCUT2D eigenvalue weighted by atomic mass is 32.2. The second kappa shape index (κ2) is 8.22. The predicted molar refractivity (Wildman–Crippen MR) is 119 cm³/mol. The van der Waals surface area contributed by atoms with Crippen LogP contribution in [0.4, 0.5) is 0 Å². The lowest BCUT2D eigenvalue weighted by Crippen LogP contribution is -2.43. The summed E-state index contributed by atoms with van der Waals surface area (Å²) in [4.78, 5) is 0. The van der Waals surface area contributed by atoms with Crippen LogP contribution in [-0.2, 0) is 6.42 Å². The molecule has 1 aromatic carbocycles. The molecule has 0 amide bonds. The maximum Gasteiger partial charge on any atom is 0.120 e. The number of phenols is 1. The highest BCUT2D eigenvalue weighted by Crippen LogP contribution is 2.61. The molecule has 2 N–H and O–H groups in total. The van der Waals surface area contributed by atoms with E-state index in [1.54, 1.807) is 0 Å². The molecule has 6 atom stereocenters. The number of thioether (sulfide) groups is 1. The van der Waals surface area contributed by atoms with Crippen molar-refractivity contribution in [1.29, 1.82) is 0 Å². The summed E-state index contributed by atoms with van der Waals surface area (Å²) in [6.07, 6.45) is 10.3. The van der Waals surface area contributed by atoms with Gasteiger partial charge in [0.05, 0.1) is 6.10 Å². The van der Waals surface area contributed by atoms with Crippen molar-refractivity contribution in [3.05, 3.63) is 28.8 Å². The van der Waals surface area contributed by atoms with Gasteiger partial charge in [-0.15, -0.1) is 0 Å². The highest BCUT2D eigenvalue weighted by molar-refractivity contribution is 7.99. The largest absolute Gasteiger partial charge is 0.508 e. The molecule has 2 saturated carbocycles. The summed E-state index contributed by atoms with van der Waals surface area (Å²) in [7, 11) is 0. The van der Waals surface area contributed by atoms with E-state index in [1.807, 2.05) is 11.8 Å². The Hall–Kier alpha value is -0.670. The van der Waals surface area contributed by atoms with E-state index in [4.69, 9.17) is 0 Å². The van der Waals surface area contributed by atoms with Crippen LogP contribution in [0, 0.1) is 17.3 Å². The minimum absolute atomic E-state index is 0.102. The Labute approximate surface area is 175 Å².